The minimum atomic E-state index is -0.403. The van der Waals surface area contributed by atoms with E-state index < -0.39 is 5.82 Å². The number of carbonyl (C=O) groups excluding carboxylic acids is 1. The quantitative estimate of drug-likeness (QED) is 0.477. The van der Waals surface area contributed by atoms with E-state index in [1.54, 1.807) is 6.20 Å². The molecule has 34 heavy (non-hydrogen) atoms. The van der Waals surface area contributed by atoms with Crippen molar-refractivity contribution in [2.24, 2.45) is 11.7 Å². The highest BCUT2D eigenvalue weighted by molar-refractivity contribution is 6.33. The lowest BCUT2D eigenvalue weighted by molar-refractivity contribution is -0.122. The van der Waals surface area contributed by atoms with Gasteiger partial charge >= 0.3 is 0 Å². The van der Waals surface area contributed by atoms with Gasteiger partial charge < -0.3 is 21.1 Å². The van der Waals surface area contributed by atoms with Crippen LogP contribution < -0.4 is 16.4 Å². The van der Waals surface area contributed by atoms with E-state index in [-0.39, 0.29) is 23.9 Å². The molecule has 2 aliphatic rings. The number of carbonyl (C=O) groups is 1. The normalized spacial score (nSPS) is 21.5. The molecule has 0 unspecified atom stereocenters. The molecule has 11 heteroatoms. The molecule has 2 fully saturated rings. The maximum absolute atomic E-state index is 13.9. The number of hydrogen-bond acceptors (Lipinski definition) is 7. The van der Waals surface area contributed by atoms with Gasteiger partial charge in [0, 0.05) is 31.2 Å². The first-order valence-electron chi connectivity index (χ1n) is 11.6. The van der Waals surface area contributed by atoms with E-state index in [0.29, 0.717) is 59.8 Å². The van der Waals surface area contributed by atoms with Crippen molar-refractivity contribution in [2.45, 2.75) is 50.6 Å². The van der Waals surface area contributed by atoms with Gasteiger partial charge in [-0.3, -0.25) is 9.36 Å². The smallest absolute Gasteiger partial charge is 0.224 e. The summed E-state index contributed by atoms with van der Waals surface area (Å²) in [5.74, 6) is 0.244. The first-order chi connectivity index (χ1) is 16.5. The minimum absolute atomic E-state index is 0.0428. The highest BCUT2D eigenvalue weighted by Crippen LogP contribution is 2.37. The Bertz CT molecular complexity index is 1190. The lowest BCUT2D eigenvalue weighted by Gasteiger charge is -2.29. The number of anilines is 3. The summed E-state index contributed by atoms with van der Waals surface area (Å²) in [7, 11) is 0. The van der Waals surface area contributed by atoms with Crippen LogP contribution in [0.4, 0.5) is 22.0 Å². The van der Waals surface area contributed by atoms with E-state index in [1.807, 2.05) is 4.57 Å². The Morgan fingerprint density at radius 1 is 1.15 bits per heavy atom. The molecule has 1 amide bonds. The van der Waals surface area contributed by atoms with Crippen molar-refractivity contribution in [3.63, 3.8) is 0 Å². The van der Waals surface area contributed by atoms with Crippen LogP contribution in [0.25, 0.3) is 11.2 Å². The first-order valence-corrected chi connectivity index (χ1v) is 12.0. The molecule has 180 valence electrons. The summed E-state index contributed by atoms with van der Waals surface area (Å²) in [6, 6.07) is 4.43. The average Bonchev–Trinajstić information content (AvgIpc) is 3.19. The number of nitrogens with two attached hydrogens (primary N) is 1. The third-order valence-corrected chi connectivity index (χ3v) is 6.96. The van der Waals surface area contributed by atoms with Crippen molar-refractivity contribution in [1.29, 1.82) is 0 Å². The standard InChI is InChI=1S/C23H27ClFN7O2/c24-17-6-3-14(25)11-18(17)29-23-30-19-12-27-22(28-15-7-9-34-10-8-15)31-21(19)32(23)16-4-1-13(2-5-16)20(26)33/h3,6,11-13,15-16H,1-2,4-5,7-10H2,(H2,26,33)(H,29,30)(H,27,28,31). The maximum Gasteiger partial charge on any atom is 0.224 e. The lowest BCUT2D eigenvalue weighted by atomic mass is 9.85. The SMILES string of the molecule is NC(=O)C1CCC(n2c(Nc3cc(F)ccc3Cl)nc3cnc(NC4CCOCC4)nc32)CC1. The molecule has 1 saturated heterocycles. The lowest BCUT2D eigenvalue weighted by Crippen LogP contribution is -2.29. The van der Waals surface area contributed by atoms with E-state index in [0.717, 1.165) is 25.7 Å². The van der Waals surface area contributed by atoms with Gasteiger partial charge in [0.05, 0.1) is 16.9 Å². The number of nitrogens with one attached hydrogen (secondary N) is 2. The summed E-state index contributed by atoms with van der Waals surface area (Å²) < 4.78 is 21.3. The van der Waals surface area contributed by atoms with Crippen molar-refractivity contribution >= 4 is 46.3 Å². The second-order valence-electron chi connectivity index (χ2n) is 8.90. The molecule has 9 nitrogen and oxygen atoms in total. The number of nitrogens with zero attached hydrogens (tertiary/aromatic N) is 4. The number of fused-ring (bicyclic) bond motifs is 1. The summed E-state index contributed by atoms with van der Waals surface area (Å²) in [6.07, 6.45) is 6.35. The van der Waals surface area contributed by atoms with Crippen LogP contribution in [-0.2, 0) is 9.53 Å². The average molecular weight is 488 g/mol. The Morgan fingerprint density at radius 3 is 2.65 bits per heavy atom. The molecule has 1 aliphatic heterocycles. The van der Waals surface area contributed by atoms with Crippen molar-refractivity contribution in [2.75, 3.05) is 23.8 Å². The fourth-order valence-corrected chi connectivity index (χ4v) is 4.92. The number of halogens is 2. The van der Waals surface area contributed by atoms with Crippen LogP contribution >= 0.6 is 11.6 Å². The molecule has 2 aromatic heterocycles. The monoisotopic (exact) mass is 487 g/mol. The van der Waals surface area contributed by atoms with Gasteiger partial charge in [-0.2, -0.15) is 4.98 Å². The minimum Gasteiger partial charge on any atom is -0.381 e. The fourth-order valence-electron chi connectivity index (χ4n) is 4.75. The van der Waals surface area contributed by atoms with Gasteiger partial charge in [0.25, 0.3) is 0 Å². The van der Waals surface area contributed by atoms with Crippen LogP contribution in [0.5, 0.6) is 0 Å². The van der Waals surface area contributed by atoms with E-state index >= 15 is 0 Å². The number of ether oxygens (including phenoxy) is 1. The second kappa shape index (κ2) is 9.71. The van der Waals surface area contributed by atoms with Gasteiger partial charge in [0.1, 0.15) is 11.3 Å². The Balaban J connectivity index is 1.51. The van der Waals surface area contributed by atoms with Crippen LogP contribution in [0, 0.1) is 11.7 Å². The Labute approximate surface area is 201 Å². The van der Waals surface area contributed by atoms with Gasteiger partial charge in [-0.15, -0.1) is 0 Å². The number of rotatable bonds is 6. The molecule has 3 heterocycles. The van der Waals surface area contributed by atoms with E-state index in [4.69, 9.17) is 32.0 Å². The zero-order valence-electron chi connectivity index (χ0n) is 18.6. The molecule has 0 atom stereocenters. The number of hydrogen-bond donors (Lipinski definition) is 3. The molecule has 1 saturated carbocycles. The van der Waals surface area contributed by atoms with Crippen LogP contribution in [0.3, 0.4) is 0 Å². The molecule has 5 rings (SSSR count). The van der Waals surface area contributed by atoms with Gasteiger partial charge in [0.2, 0.25) is 17.8 Å². The third kappa shape index (κ3) is 4.78. The molecule has 0 spiro atoms. The highest BCUT2D eigenvalue weighted by Gasteiger charge is 2.29. The summed E-state index contributed by atoms with van der Waals surface area (Å²) >= 11 is 6.30. The number of benzene rings is 1. The van der Waals surface area contributed by atoms with E-state index in [9.17, 15) is 9.18 Å². The largest absolute Gasteiger partial charge is 0.381 e. The predicted molar refractivity (Wildman–Crippen MR) is 128 cm³/mol. The number of imidazole rings is 1. The third-order valence-electron chi connectivity index (χ3n) is 6.63. The maximum atomic E-state index is 13.9. The second-order valence-corrected chi connectivity index (χ2v) is 9.30. The Hall–Kier alpha value is -2.98. The van der Waals surface area contributed by atoms with Crippen LogP contribution in [0.15, 0.2) is 24.4 Å². The molecule has 1 aliphatic carbocycles. The van der Waals surface area contributed by atoms with Gasteiger partial charge in [-0.05, 0) is 56.7 Å². The Kier molecular flexibility index (Phi) is 6.51. The van der Waals surface area contributed by atoms with E-state index in [2.05, 4.69) is 15.6 Å². The summed E-state index contributed by atoms with van der Waals surface area (Å²) in [5.41, 5.74) is 7.23. The van der Waals surface area contributed by atoms with Crippen molar-refractivity contribution in [3.8, 4) is 0 Å². The predicted octanol–water partition coefficient (Wildman–Crippen LogP) is 4.17. The molecule has 0 radical (unpaired) electrons. The fraction of sp³-hybridized carbons (Fsp3) is 0.478. The van der Waals surface area contributed by atoms with Gasteiger partial charge in [0.15, 0.2) is 5.65 Å². The summed E-state index contributed by atoms with van der Waals surface area (Å²) in [6.45, 7) is 1.42. The van der Waals surface area contributed by atoms with Crippen LogP contribution in [0.1, 0.15) is 44.6 Å². The van der Waals surface area contributed by atoms with E-state index in [1.165, 1.54) is 18.2 Å². The zero-order chi connectivity index (χ0) is 23.7. The molecular weight excluding hydrogens is 461 g/mol. The molecule has 0 bridgehead atoms. The first kappa shape index (κ1) is 22.8. The number of primary amides is 1. The van der Waals surface area contributed by atoms with Gasteiger partial charge in [-0.25, -0.2) is 14.4 Å². The summed E-state index contributed by atoms with van der Waals surface area (Å²) in [5, 5.41) is 6.97. The molecule has 3 aromatic rings. The number of amides is 1. The summed E-state index contributed by atoms with van der Waals surface area (Å²) in [4.78, 5) is 25.6. The zero-order valence-corrected chi connectivity index (χ0v) is 19.4. The number of aromatic nitrogens is 4. The van der Waals surface area contributed by atoms with Crippen molar-refractivity contribution < 1.29 is 13.9 Å². The van der Waals surface area contributed by atoms with Crippen LogP contribution in [0.2, 0.25) is 5.02 Å². The van der Waals surface area contributed by atoms with Gasteiger partial charge in [-0.1, -0.05) is 11.6 Å². The Morgan fingerprint density at radius 2 is 1.91 bits per heavy atom. The molecular formula is C23H27ClFN7O2. The topological polar surface area (TPSA) is 120 Å². The van der Waals surface area contributed by atoms with Crippen LogP contribution in [-0.4, -0.2) is 44.7 Å². The molecule has 4 N–H and O–H groups in total. The molecule has 1 aromatic carbocycles. The van der Waals surface area contributed by atoms with Crippen molar-refractivity contribution in [3.05, 3.63) is 35.2 Å². The van der Waals surface area contributed by atoms with Crippen molar-refractivity contribution in [1.82, 2.24) is 19.5 Å². The highest BCUT2D eigenvalue weighted by atomic mass is 35.5.